The Bertz CT molecular complexity index is 530. The number of amides is 2. The molecule has 0 saturated heterocycles. The highest BCUT2D eigenvalue weighted by atomic mass is 35.5. The predicted octanol–water partition coefficient (Wildman–Crippen LogP) is 1.32. The summed E-state index contributed by atoms with van der Waals surface area (Å²) in [5.74, 6) is 0.295. The van der Waals surface area contributed by atoms with E-state index in [4.69, 9.17) is 10.5 Å². The van der Waals surface area contributed by atoms with Gasteiger partial charge in [0.15, 0.2) is 0 Å². The van der Waals surface area contributed by atoms with E-state index in [0.29, 0.717) is 13.2 Å². The molecule has 0 radical (unpaired) electrons. The molecule has 0 spiro atoms. The maximum atomic E-state index is 11.7. The molecular weight excluding hydrogens is 330 g/mol. The summed E-state index contributed by atoms with van der Waals surface area (Å²) in [4.78, 5) is 23.3. The maximum Gasteiger partial charge on any atom is 0.239 e. The summed E-state index contributed by atoms with van der Waals surface area (Å²) in [5.41, 5.74) is 7.82. The molecule has 0 aromatic heterocycles. The quantitative estimate of drug-likeness (QED) is 0.612. The van der Waals surface area contributed by atoms with Gasteiger partial charge in [-0.3, -0.25) is 9.59 Å². The van der Waals surface area contributed by atoms with E-state index in [1.807, 2.05) is 45.9 Å². The molecule has 0 aliphatic carbocycles. The fourth-order valence-electron chi connectivity index (χ4n) is 2.02. The van der Waals surface area contributed by atoms with Crippen molar-refractivity contribution in [1.82, 2.24) is 10.6 Å². The highest BCUT2D eigenvalue weighted by Gasteiger charge is 2.17. The number of ether oxygens (including phenoxy) is 1. The number of aryl methyl sites for hydroxylation is 2. The number of benzene rings is 1. The van der Waals surface area contributed by atoms with E-state index in [1.54, 1.807) is 0 Å². The van der Waals surface area contributed by atoms with Crippen molar-refractivity contribution in [2.45, 2.75) is 33.7 Å². The molecule has 7 heteroatoms. The summed E-state index contributed by atoms with van der Waals surface area (Å²) >= 11 is 0. The second kappa shape index (κ2) is 10.9. The zero-order valence-corrected chi connectivity index (χ0v) is 15.5. The van der Waals surface area contributed by atoms with Gasteiger partial charge in [0.2, 0.25) is 11.8 Å². The third-order valence-corrected chi connectivity index (χ3v) is 3.52. The van der Waals surface area contributed by atoms with Gasteiger partial charge in [0.05, 0.1) is 19.1 Å². The van der Waals surface area contributed by atoms with Crippen molar-refractivity contribution >= 4 is 24.2 Å². The summed E-state index contributed by atoms with van der Waals surface area (Å²) in [7, 11) is 0. The second-order valence-electron chi connectivity index (χ2n) is 5.91. The van der Waals surface area contributed by atoms with E-state index in [0.717, 1.165) is 16.9 Å². The highest BCUT2D eigenvalue weighted by molar-refractivity contribution is 5.87. The van der Waals surface area contributed by atoms with Gasteiger partial charge >= 0.3 is 0 Å². The average molecular weight is 358 g/mol. The van der Waals surface area contributed by atoms with Gasteiger partial charge < -0.3 is 21.1 Å². The molecule has 6 nitrogen and oxygen atoms in total. The topological polar surface area (TPSA) is 93.5 Å². The van der Waals surface area contributed by atoms with Gasteiger partial charge in [-0.05, 0) is 30.9 Å². The van der Waals surface area contributed by atoms with Crippen LogP contribution in [0.25, 0.3) is 0 Å². The van der Waals surface area contributed by atoms with Crippen molar-refractivity contribution < 1.29 is 14.3 Å². The molecule has 0 fully saturated rings. The number of nitrogens with two attached hydrogens (primary N) is 1. The minimum atomic E-state index is -0.602. The molecule has 0 heterocycles. The number of hydrogen-bond donors (Lipinski definition) is 3. The molecule has 136 valence electrons. The van der Waals surface area contributed by atoms with Crippen LogP contribution in [0.5, 0.6) is 5.75 Å². The number of carbonyl (C=O) groups is 2. The van der Waals surface area contributed by atoms with Crippen molar-refractivity contribution in [3.8, 4) is 5.75 Å². The monoisotopic (exact) mass is 357 g/mol. The summed E-state index contributed by atoms with van der Waals surface area (Å²) in [6.07, 6.45) is 0. The van der Waals surface area contributed by atoms with Gasteiger partial charge in [-0.15, -0.1) is 12.4 Å². The SMILES string of the molecule is Cc1cccc(C)c1OCCNC(=O)CNC(=O)[C@@H](N)C(C)C.Cl. The fourth-order valence-corrected chi connectivity index (χ4v) is 2.02. The Hall–Kier alpha value is -1.79. The lowest BCUT2D eigenvalue weighted by Crippen LogP contribution is -2.47. The molecule has 0 unspecified atom stereocenters. The lowest BCUT2D eigenvalue weighted by Gasteiger charge is -2.15. The number of halogens is 1. The van der Waals surface area contributed by atoms with Crippen LogP contribution in [-0.4, -0.2) is 37.6 Å². The molecule has 0 aliphatic rings. The second-order valence-corrected chi connectivity index (χ2v) is 5.91. The minimum Gasteiger partial charge on any atom is -0.491 e. The molecule has 0 aliphatic heterocycles. The lowest BCUT2D eigenvalue weighted by molar-refractivity contribution is -0.127. The zero-order valence-electron chi connectivity index (χ0n) is 14.7. The molecular formula is C17H28ClN3O3. The Kier molecular flexibility index (Phi) is 10.1. The number of hydrogen-bond acceptors (Lipinski definition) is 4. The number of rotatable bonds is 8. The first kappa shape index (κ1) is 22.2. The number of carbonyl (C=O) groups excluding carboxylic acids is 2. The van der Waals surface area contributed by atoms with Crippen LogP contribution in [0.1, 0.15) is 25.0 Å². The molecule has 1 atom stereocenters. The zero-order chi connectivity index (χ0) is 17.4. The third kappa shape index (κ3) is 7.19. The van der Waals surface area contributed by atoms with Crippen LogP contribution in [-0.2, 0) is 9.59 Å². The Morgan fingerprint density at radius 2 is 1.75 bits per heavy atom. The van der Waals surface area contributed by atoms with Crippen molar-refractivity contribution in [3.63, 3.8) is 0 Å². The first-order valence-corrected chi connectivity index (χ1v) is 7.82. The number of nitrogens with one attached hydrogen (secondary N) is 2. The molecule has 0 bridgehead atoms. The predicted molar refractivity (Wildman–Crippen MR) is 97.5 cm³/mol. The Morgan fingerprint density at radius 1 is 1.17 bits per heavy atom. The molecule has 0 saturated carbocycles. The van der Waals surface area contributed by atoms with E-state index in [9.17, 15) is 9.59 Å². The van der Waals surface area contributed by atoms with Crippen molar-refractivity contribution in [2.75, 3.05) is 19.7 Å². The highest BCUT2D eigenvalue weighted by Crippen LogP contribution is 2.21. The summed E-state index contributed by atoms with van der Waals surface area (Å²) in [5, 5.41) is 5.22. The first-order valence-electron chi connectivity index (χ1n) is 7.82. The van der Waals surface area contributed by atoms with Crippen molar-refractivity contribution in [3.05, 3.63) is 29.3 Å². The van der Waals surface area contributed by atoms with Crippen LogP contribution >= 0.6 is 12.4 Å². The Labute approximate surface area is 149 Å². The Morgan fingerprint density at radius 3 is 2.29 bits per heavy atom. The van der Waals surface area contributed by atoms with Crippen molar-refractivity contribution in [2.24, 2.45) is 11.7 Å². The number of para-hydroxylation sites is 1. The molecule has 4 N–H and O–H groups in total. The third-order valence-electron chi connectivity index (χ3n) is 3.52. The van der Waals surface area contributed by atoms with Gasteiger partial charge in [-0.25, -0.2) is 0 Å². The van der Waals surface area contributed by atoms with Crippen LogP contribution in [0.3, 0.4) is 0 Å². The lowest BCUT2D eigenvalue weighted by atomic mass is 10.1. The Balaban J connectivity index is 0.00000529. The van der Waals surface area contributed by atoms with Crippen LogP contribution in [0.2, 0.25) is 0 Å². The van der Waals surface area contributed by atoms with E-state index < -0.39 is 6.04 Å². The largest absolute Gasteiger partial charge is 0.491 e. The van der Waals surface area contributed by atoms with Crippen LogP contribution in [0.4, 0.5) is 0 Å². The summed E-state index contributed by atoms with van der Waals surface area (Å²) in [6, 6.07) is 5.34. The smallest absolute Gasteiger partial charge is 0.239 e. The maximum absolute atomic E-state index is 11.7. The van der Waals surface area contributed by atoms with Gasteiger partial charge in [-0.2, -0.15) is 0 Å². The van der Waals surface area contributed by atoms with Crippen LogP contribution in [0, 0.1) is 19.8 Å². The van der Waals surface area contributed by atoms with E-state index in [2.05, 4.69) is 10.6 Å². The normalized spacial score (nSPS) is 11.4. The molecule has 1 aromatic carbocycles. The molecule has 24 heavy (non-hydrogen) atoms. The molecule has 2 amide bonds. The van der Waals surface area contributed by atoms with Gasteiger partial charge in [0, 0.05) is 0 Å². The van der Waals surface area contributed by atoms with Crippen LogP contribution in [0.15, 0.2) is 18.2 Å². The van der Waals surface area contributed by atoms with E-state index in [-0.39, 0.29) is 36.7 Å². The summed E-state index contributed by atoms with van der Waals surface area (Å²) in [6.45, 7) is 8.34. The fraction of sp³-hybridized carbons (Fsp3) is 0.529. The van der Waals surface area contributed by atoms with E-state index in [1.165, 1.54) is 0 Å². The average Bonchev–Trinajstić information content (AvgIpc) is 2.50. The first-order chi connectivity index (χ1) is 10.8. The van der Waals surface area contributed by atoms with Gasteiger partial charge in [-0.1, -0.05) is 32.0 Å². The van der Waals surface area contributed by atoms with E-state index >= 15 is 0 Å². The molecule has 1 rings (SSSR count). The molecule has 1 aromatic rings. The standard InChI is InChI=1S/C17H27N3O3.ClH/c1-11(2)15(18)17(22)20-10-14(21)19-8-9-23-16-12(3)6-5-7-13(16)4;/h5-7,11,15H,8-10,18H2,1-4H3,(H,19,21)(H,20,22);1H/t15-;/m0./s1. The summed E-state index contributed by atoms with van der Waals surface area (Å²) < 4.78 is 5.69. The van der Waals surface area contributed by atoms with Crippen molar-refractivity contribution in [1.29, 1.82) is 0 Å². The van der Waals surface area contributed by atoms with Gasteiger partial charge in [0.25, 0.3) is 0 Å². The van der Waals surface area contributed by atoms with Crippen LogP contribution < -0.4 is 21.1 Å². The minimum absolute atomic E-state index is 0. The van der Waals surface area contributed by atoms with Gasteiger partial charge in [0.1, 0.15) is 12.4 Å².